The third kappa shape index (κ3) is 4.26. The number of hydrogen-bond donors (Lipinski definition) is 1. The highest BCUT2D eigenvalue weighted by molar-refractivity contribution is 7.81. The first-order valence-electron chi connectivity index (χ1n) is 12.8. The highest BCUT2D eigenvalue weighted by Crippen LogP contribution is 2.39. The van der Waals surface area contributed by atoms with E-state index in [1.165, 1.54) is 16.7 Å². The zero-order valence-corrected chi connectivity index (χ0v) is 22.9. The van der Waals surface area contributed by atoms with Crippen molar-refractivity contribution in [1.29, 1.82) is 0 Å². The summed E-state index contributed by atoms with van der Waals surface area (Å²) in [6, 6.07) is 23.1. The van der Waals surface area contributed by atoms with Crippen LogP contribution >= 0.6 is 23.8 Å². The van der Waals surface area contributed by atoms with Crippen molar-refractivity contribution < 1.29 is 0 Å². The maximum absolute atomic E-state index is 6.27. The summed E-state index contributed by atoms with van der Waals surface area (Å²) in [7, 11) is 0. The molecule has 0 amide bonds. The Morgan fingerprint density at radius 2 is 1.59 bits per heavy atom. The Bertz CT molecular complexity index is 1640. The fourth-order valence-corrected chi connectivity index (χ4v) is 5.77. The lowest BCUT2D eigenvalue weighted by Crippen LogP contribution is -2.15. The van der Waals surface area contributed by atoms with E-state index in [-0.39, 0.29) is 0 Å². The number of aromatic nitrogens is 3. The normalized spacial score (nSPS) is 13.1. The van der Waals surface area contributed by atoms with Crippen molar-refractivity contribution in [1.82, 2.24) is 14.2 Å². The highest BCUT2D eigenvalue weighted by atomic mass is 35.5. The predicted octanol–water partition coefficient (Wildman–Crippen LogP) is 8.17. The predicted molar refractivity (Wildman–Crippen MR) is 158 cm³/mol. The Labute approximate surface area is 227 Å². The molecule has 0 aliphatic carbocycles. The molecule has 6 heteroatoms. The zero-order valence-electron chi connectivity index (χ0n) is 21.3. The summed E-state index contributed by atoms with van der Waals surface area (Å²) in [5.74, 6) is 0.983. The van der Waals surface area contributed by atoms with E-state index in [0.717, 1.165) is 75.9 Å². The summed E-state index contributed by atoms with van der Waals surface area (Å²) in [6.45, 7) is 7.25. The molecule has 3 aromatic carbocycles. The van der Waals surface area contributed by atoms with E-state index in [2.05, 4.69) is 89.8 Å². The van der Waals surface area contributed by atoms with Gasteiger partial charge in [-0.05, 0) is 74.9 Å². The molecule has 186 valence electrons. The highest BCUT2D eigenvalue weighted by Gasteiger charge is 2.29. The number of hydrogen-bond acceptors (Lipinski definition) is 2. The van der Waals surface area contributed by atoms with Gasteiger partial charge in [0, 0.05) is 33.9 Å². The number of thiocarbonyl (C=S) groups is 1. The Hall–Kier alpha value is -3.41. The Balaban J connectivity index is 1.61. The fourth-order valence-electron chi connectivity index (χ4n) is 5.34. The summed E-state index contributed by atoms with van der Waals surface area (Å²) in [6.07, 6.45) is 3.21. The van der Waals surface area contributed by atoms with Crippen LogP contribution in [0.1, 0.15) is 40.8 Å². The van der Waals surface area contributed by atoms with Crippen LogP contribution in [0.5, 0.6) is 0 Å². The Kier molecular flexibility index (Phi) is 6.13. The average molecular weight is 525 g/mol. The van der Waals surface area contributed by atoms with E-state index >= 15 is 0 Å². The average Bonchev–Trinajstić information content (AvgIpc) is 3.30. The van der Waals surface area contributed by atoms with Crippen LogP contribution in [0.4, 0.5) is 5.69 Å². The second-order valence-corrected chi connectivity index (χ2v) is 10.9. The van der Waals surface area contributed by atoms with Crippen LogP contribution in [0, 0.1) is 20.8 Å². The minimum atomic E-state index is 0.667. The molecule has 1 aliphatic rings. The Morgan fingerprint density at radius 3 is 2.35 bits per heavy atom. The number of aryl methyl sites for hydroxylation is 5. The van der Waals surface area contributed by atoms with E-state index in [0.29, 0.717) is 4.99 Å². The minimum Gasteiger partial charge on any atom is -0.345 e. The van der Waals surface area contributed by atoms with E-state index in [1.807, 2.05) is 12.1 Å². The number of rotatable bonds is 4. The summed E-state index contributed by atoms with van der Waals surface area (Å²) in [5.41, 5.74) is 11.3. The molecule has 37 heavy (non-hydrogen) atoms. The van der Waals surface area contributed by atoms with Crippen molar-refractivity contribution in [3.8, 4) is 22.5 Å². The molecule has 4 nitrogen and oxygen atoms in total. The molecule has 5 aromatic rings. The zero-order chi connectivity index (χ0) is 25.7. The van der Waals surface area contributed by atoms with Crippen LogP contribution in [0.2, 0.25) is 5.02 Å². The van der Waals surface area contributed by atoms with Crippen LogP contribution in [0.15, 0.2) is 66.7 Å². The first kappa shape index (κ1) is 24.0. The van der Waals surface area contributed by atoms with E-state index < -0.39 is 0 Å². The van der Waals surface area contributed by atoms with Gasteiger partial charge in [0.1, 0.15) is 16.3 Å². The monoisotopic (exact) mass is 524 g/mol. The standard InChI is InChI=1S/C31H29ClN4S/c1-19-8-11-23(12-9-19)29-34-36-28(30(37)33-26-18-20(2)7-10-21(26)3)27(22-13-15-24(32)16-14-22)25-6-4-5-17-35(29)31(25)36/h7-16,18H,4-6,17H2,1-3H3,(H,33,37). The molecule has 0 fully saturated rings. The first-order chi connectivity index (χ1) is 17.9. The second-order valence-electron chi connectivity index (χ2n) is 10.0. The van der Waals surface area contributed by atoms with Crippen LogP contribution in [0.3, 0.4) is 0 Å². The fraction of sp³-hybridized carbons (Fsp3) is 0.226. The van der Waals surface area contributed by atoms with Gasteiger partial charge in [0.15, 0.2) is 5.82 Å². The van der Waals surface area contributed by atoms with Crippen molar-refractivity contribution in [2.24, 2.45) is 0 Å². The second kappa shape index (κ2) is 9.47. The molecule has 0 unspecified atom stereocenters. The molecule has 1 N–H and O–H groups in total. The molecule has 0 radical (unpaired) electrons. The third-order valence-electron chi connectivity index (χ3n) is 7.28. The Morgan fingerprint density at radius 1 is 0.892 bits per heavy atom. The van der Waals surface area contributed by atoms with E-state index in [4.69, 9.17) is 28.9 Å². The minimum absolute atomic E-state index is 0.667. The van der Waals surface area contributed by atoms with Crippen LogP contribution in [-0.2, 0) is 13.0 Å². The lowest BCUT2D eigenvalue weighted by molar-refractivity contribution is 0.645. The van der Waals surface area contributed by atoms with Gasteiger partial charge in [-0.15, -0.1) is 5.10 Å². The molecular weight excluding hydrogens is 496 g/mol. The van der Waals surface area contributed by atoms with Gasteiger partial charge >= 0.3 is 0 Å². The summed E-state index contributed by atoms with van der Waals surface area (Å²) < 4.78 is 4.47. The molecule has 1 aliphatic heterocycles. The lowest BCUT2D eigenvalue weighted by atomic mass is 9.98. The molecule has 6 rings (SSSR count). The summed E-state index contributed by atoms with van der Waals surface area (Å²) in [5, 5.41) is 9.51. The van der Waals surface area contributed by atoms with Gasteiger partial charge < -0.3 is 9.88 Å². The number of benzene rings is 3. The van der Waals surface area contributed by atoms with Gasteiger partial charge in [-0.2, -0.15) is 0 Å². The van der Waals surface area contributed by atoms with Gasteiger partial charge in [-0.1, -0.05) is 77.9 Å². The number of nitrogens with one attached hydrogen (secondary N) is 1. The largest absolute Gasteiger partial charge is 0.345 e. The molecule has 0 saturated heterocycles. The van der Waals surface area contributed by atoms with Crippen molar-refractivity contribution in [2.45, 2.75) is 46.6 Å². The van der Waals surface area contributed by atoms with Crippen LogP contribution in [-0.4, -0.2) is 19.2 Å². The topological polar surface area (TPSA) is 34.3 Å². The van der Waals surface area contributed by atoms with E-state index in [1.54, 1.807) is 0 Å². The molecule has 0 saturated carbocycles. The smallest absolute Gasteiger partial charge is 0.162 e. The SMILES string of the molecule is Cc1ccc(-c2nn3c(C(=S)Nc4cc(C)ccc4C)c(-c4ccc(Cl)cc4)c4c3n2CCCC4)cc1. The van der Waals surface area contributed by atoms with Gasteiger partial charge in [-0.25, -0.2) is 4.52 Å². The summed E-state index contributed by atoms with van der Waals surface area (Å²) in [4.78, 5) is 0.667. The number of nitrogens with zero attached hydrogens (tertiary/aromatic N) is 3. The van der Waals surface area contributed by atoms with Gasteiger partial charge in [0.25, 0.3) is 0 Å². The molecule has 2 aromatic heterocycles. The number of anilines is 1. The number of halogens is 1. The molecule has 0 bridgehead atoms. The van der Waals surface area contributed by atoms with Crippen LogP contribution < -0.4 is 5.32 Å². The van der Waals surface area contributed by atoms with E-state index in [9.17, 15) is 0 Å². The molecule has 3 heterocycles. The van der Waals surface area contributed by atoms with Crippen molar-refractivity contribution in [2.75, 3.05) is 5.32 Å². The molecule has 0 atom stereocenters. The third-order valence-corrected chi connectivity index (χ3v) is 7.83. The maximum atomic E-state index is 6.27. The quantitative estimate of drug-likeness (QED) is 0.241. The molecular formula is C31H29ClN4S. The van der Waals surface area contributed by atoms with Gasteiger partial charge in [0.05, 0.1) is 0 Å². The van der Waals surface area contributed by atoms with Gasteiger partial charge in [0.2, 0.25) is 0 Å². The molecule has 0 spiro atoms. The summed E-state index contributed by atoms with van der Waals surface area (Å²) >= 11 is 12.4. The van der Waals surface area contributed by atoms with Crippen molar-refractivity contribution >= 4 is 40.1 Å². The lowest BCUT2D eigenvalue weighted by Gasteiger charge is -2.14. The van der Waals surface area contributed by atoms with Crippen molar-refractivity contribution in [3.63, 3.8) is 0 Å². The van der Waals surface area contributed by atoms with Crippen molar-refractivity contribution in [3.05, 3.63) is 99.7 Å². The van der Waals surface area contributed by atoms with Gasteiger partial charge in [-0.3, -0.25) is 0 Å². The maximum Gasteiger partial charge on any atom is 0.162 e. The van der Waals surface area contributed by atoms with Crippen LogP contribution in [0.25, 0.3) is 28.2 Å². The first-order valence-corrected chi connectivity index (χ1v) is 13.5.